The van der Waals surface area contributed by atoms with Crippen LogP contribution in [0.5, 0.6) is 0 Å². The minimum atomic E-state index is 0.576. The van der Waals surface area contributed by atoms with Crippen molar-refractivity contribution >= 4 is 33.2 Å². The van der Waals surface area contributed by atoms with Crippen LogP contribution in [0.1, 0.15) is 44.1 Å². The van der Waals surface area contributed by atoms with Gasteiger partial charge in [-0.25, -0.2) is 0 Å². The second-order valence-electron chi connectivity index (χ2n) is 5.86. The minimum Gasteiger partial charge on any atom is -0.368 e. The van der Waals surface area contributed by atoms with Gasteiger partial charge in [-0.1, -0.05) is 34.8 Å². The van der Waals surface area contributed by atoms with Crippen molar-refractivity contribution in [3.63, 3.8) is 0 Å². The molecule has 0 aromatic heterocycles. The summed E-state index contributed by atoms with van der Waals surface area (Å²) in [5, 5.41) is 0. The van der Waals surface area contributed by atoms with Crippen LogP contribution in [0.15, 0.2) is 22.7 Å². The molecule has 0 radical (unpaired) electrons. The molecule has 1 nitrogen and oxygen atoms in total. The van der Waals surface area contributed by atoms with Crippen molar-refractivity contribution in [1.82, 2.24) is 0 Å². The third kappa shape index (κ3) is 2.80. The molecule has 1 aromatic carbocycles. The topological polar surface area (TPSA) is 3.24 Å². The largest absolute Gasteiger partial charge is 0.368 e. The SMILES string of the molecule is ClCc1ccc(N2CCCC2C2CCCC2)cc1Br. The fourth-order valence-corrected chi connectivity index (χ4v) is 4.67. The monoisotopic (exact) mass is 341 g/mol. The summed E-state index contributed by atoms with van der Waals surface area (Å²) in [5.41, 5.74) is 2.55. The normalized spacial score (nSPS) is 24.3. The Morgan fingerprint density at radius 3 is 2.63 bits per heavy atom. The van der Waals surface area contributed by atoms with Crippen molar-refractivity contribution in [2.24, 2.45) is 5.92 Å². The fourth-order valence-electron chi connectivity index (χ4n) is 3.77. The zero-order valence-corrected chi connectivity index (χ0v) is 13.6. The Kier molecular flexibility index (Phi) is 4.38. The molecule has 1 aliphatic heterocycles. The molecule has 1 heterocycles. The molecule has 0 N–H and O–H groups in total. The predicted octanol–water partition coefficient (Wildman–Crippen LogP) is 5.35. The van der Waals surface area contributed by atoms with Crippen molar-refractivity contribution in [1.29, 1.82) is 0 Å². The second kappa shape index (κ2) is 6.05. The van der Waals surface area contributed by atoms with E-state index < -0.39 is 0 Å². The number of nitrogens with zero attached hydrogens (tertiary/aromatic N) is 1. The highest BCUT2D eigenvalue weighted by molar-refractivity contribution is 9.10. The Morgan fingerprint density at radius 1 is 1.16 bits per heavy atom. The molecule has 3 heteroatoms. The van der Waals surface area contributed by atoms with Gasteiger partial charge < -0.3 is 4.90 Å². The van der Waals surface area contributed by atoms with E-state index in [1.54, 1.807) is 0 Å². The van der Waals surface area contributed by atoms with Gasteiger partial charge in [-0.3, -0.25) is 0 Å². The fraction of sp³-hybridized carbons (Fsp3) is 0.625. The van der Waals surface area contributed by atoms with E-state index in [9.17, 15) is 0 Å². The highest BCUT2D eigenvalue weighted by atomic mass is 79.9. The lowest BCUT2D eigenvalue weighted by Gasteiger charge is -2.31. The lowest BCUT2D eigenvalue weighted by molar-refractivity contribution is 0.431. The summed E-state index contributed by atoms with van der Waals surface area (Å²) < 4.78 is 1.15. The molecule has 1 saturated heterocycles. The molecule has 2 aliphatic rings. The van der Waals surface area contributed by atoms with E-state index in [0.717, 1.165) is 16.4 Å². The molecule has 1 aliphatic carbocycles. The quantitative estimate of drug-likeness (QED) is 0.670. The molecule has 104 valence electrons. The summed E-state index contributed by atoms with van der Waals surface area (Å²) in [7, 11) is 0. The number of hydrogen-bond donors (Lipinski definition) is 0. The predicted molar refractivity (Wildman–Crippen MR) is 86.0 cm³/mol. The maximum atomic E-state index is 5.93. The standard InChI is InChI=1S/C16H21BrClN/c17-15-10-14(8-7-13(15)11-18)19-9-3-6-16(19)12-4-1-2-5-12/h7-8,10,12,16H,1-6,9,11H2. The first-order chi connectivity index (χ1) is 9.29. The second-order valence-corrected chi connectivity index (χ2v) is 6.98. The van der Waals surface area contributed by atoms with Gasteiger partial charge in [-0.05, 0) is 49.3 Å². The zero-order chi connectivity index (χ0) is 13.2. The van der Waals surface area contributed by atoms with Crippen molar-refractivity contribution in [3.05, 3.63) is 28.2 Å². The molecule has 0 amide bonds. The summed E-state index contributed by atoms with van der Waals surface area (Å²) in [5.74, 6) is 1.50. The first kappa shape index (κ1) is 13.8. The Hall–Kier alpha value is -0.210. The Bertz CT molecular complexity index is 442. The van der Waals surface area contributed by atoms with E-state index in [-0.39, 0.29) is 0 Å². The molecule has 0 spiro atoms. The van der Waals surface area contributed by atoms with Gasteiger partial charge in [0.1, 0.15) is 0 Å². The first-order valence-electron chi connectivity index (χ1n) is 7.40. The van der Waals surface area contributed by atoms with Crippen LogP contribution in [-0.2, 0) is 5.88 Å². The zero-order valence-electron chi connectivity index (χ0n) is 11.2. The number of alkyl halides is 1. The van der Waals surface area contributed by atoms with Crippen molar-refractivity contribution in [2.75, 3.05) is 11.4 Å². The van der Waals surface area contributed by atoms with Crippen LogP contribution in [0.3, 0.4) is 0 Å². The van der Waals surface area contributed by atoms with Crippen molar-refractivity contribution < 1.29 is 0 Å². The van der Waals surface area contributed by atoms with E-state index in [4.69, 9.17) is 11.6 Å². The molecule has 0 bridgehead atoms. The first-order valence-corrected chi connectivity index (χ1v) is 8.73. The Morgan fingerprint density at radius 2 is 1.95 bits per heavy atom. The van der Waals surface area contributed by atoms with Gasteiger partial charge in [0, 0.05) is 28.6 Å². The molecule has 3 rings (SSSR count). The van der Waals surface area contributed by atoms with Crippen LogP contribution in [0.2, 0.25) is 0 Å². The summed E-state index contributed by atoms with van der Waals surface area (Å²) in [6.07, 6.45) is 8.45. The van der Waals surface area contributed by atoms with E-state index >= 15 is 0 Å². The molecule has 1 saturated carbocycles. The highest BCUT2D eigenvalue weighted by Crippen LogP contribution is 2.38. The molecule has 1 aromatic rings. The van der Waals surface area contributed by atoms with E-state index in [1.165, 1.54) is 56.3 Å². The molecular formula is C16H21BrClN. The van der Waals surface area contributed by atoms with E-state index in [2.05, 4.69) is 39.0 Å². The Balaban J connectivity index is 1.81. The molecule has 1 atom stereocenters. The number of hydrogen-bond acceptors (Lipinski definition) is 1. The third-order valence-electron chi connectivity index (χ3n) is 4.76. The van der Waals surface area contributed by atoms with Crippen molar-refractivity contribution in [3.8, 4) is 0 Å². The van der Waals surface area contributed by atoms with Gasteiger partial charge in [0.25, 0.3) is 0 Å². The van der Waals surface area contributed by atoms with Crippen LogP contribution in [0, 0.1) is 5.92 Å². The molecular weight excluding hydrogens is 322 g/mol. The molecule has 2 fully saturated rings. The van der Waals surface area contributed by atoms with Gasteiger partial charge in [0.05, 0.1) is 0 Å². The van der Waals surface area contributed by atoms with Gasteiger partial charge >= 0.3 is 0 Å². The van der Waals surface area contributed by atoms with Crippen LogP contribution in [0.4, 0.5) is 5.69 Å². The third-order valence-corrected chi connectivity index (χ3v) is 5.78. The van der Waals surface area contributed by atoms with Gasteiger partial charge in [-0.2, -0.15) is 0 Å². The number of rotatable bonds is 3. The number of halogens is 2. The number of benzene rings is 1. The lowest BCUT2D eigenvalue weighted by Crippen LogP contribution is -2.34. The maximum absolute atomic E-state index is 5.93. The van der Waals surface area contributed by atoms with Crippen LogP contribution in [-0.4, -0.2) is 12.6 Å². The van der Waals surface area contributed by atoms with Crippen LogP contribution < -0.4 is 4.90 Å². The molecule has 19 heavy (non-hydrogen) atoms. The summed E-state index contributed by atoms with van der Waals surface area (Å²) >= 11 is 9.58. The summed E-state index contributed by atoms with van der Waals surface area (Å²) in [6.45, 7) is 1.22. The highest BCUT2D eigenvalue weighted by Gasteiger charge is 2.33. The smallest absolute Gasteiger partial charge is 0.0485 e. The summed E-state index contributed by atoms with van der Waals surface area (Å²) in [4.78, 5) is 2.64. The van der Waals surface area contributed by atoms with Crippen molar-refractivity contribution in [2.45, 2.75) is 50.4 Å². The van der Waals surface area contributed by atoms with Gasteiger partial charge in [0.15, 0.2) is 0 Å². The number of anilines is 1. The van der Waals surface area contributed by atoms with Crippen LogP contribution >= 0.6 is 27.5 Å². The summed E-state index contributed by atoms with van der Waals surface area (Å²) in [6, 6.07) is 7.44. The lowest BCUT2D eigenvalue weighted by atomic mass is 9.95. The van der Waals surface area contributed by atoms with E-state index in [0.29, 0.717) is 5.88 Å². The van der Waals surface area contributed by atoms with E-state index in [1.807, 2.05) is 0 Å². The van der Waals surface area contributed by atoms with Gasteiger partial charge in [-0.15, -0.1) is 11.6 Å². The maximum Gasteiger partial charge on any atom is 0.0485 e. The Labute approximate surface area is 129 Å². The van der Waals surface area contributed by atoms with Crippen LogP contribution in [0.25, 0.3) is 0 Å². The molecule has 1 unspecified atom stereocenters. The van der Waals surface area contributed by atoms with Gasteiger partial charge in [0.2, 0.25) is 0 Å². The minimum absolute atomic E-state index is 0.576. The average molecular weight is 343 g/mol. The average Bonchev–Trinajstić information content (AvgIpc) is 3.09.